The summed E-state index contributed by atoms with van der Waals surface area (Å²) in [6.45, 7) is 1.41. The van der Waals surface area contributed by atoms with Gasteiger partial charge in [0.2, 0.25) is 10.0 Å². The van der Waals surface area contributed by atoms with E-state index in [0.29, 0.717) is 36.6 Å². The second-order valence-corrected chi connectivity index (χ2v) is 9.67. The van der Waals surface area contributed by atoms with Crippen molar-refractivity contribution in [2.24, 2.45) is 0 Å². The molecule has 2 aliphatic rings. The monoisotopic (exact) mass is 409 g/mol. The van der Waals surface area contributed by atoms with Crippen LogP contribution in [-0.4, -0.2) is 54.7 Å². The molecule has 1 saturated heterocycles. The van der Waals surface area contributed by atoms with Crippen molar-refractivity contribution in [3.8, 4) is 0 Å². The summed E-state index contributed by atoms with van der Waals surface area (Å²) in [4.78, 5) is 18.2. The van der Waals surface area contributed by atoms with E-state index < -0.39 is 10.0 Å². The zero-order valence-corrected chi connectivity index (χ0v) is 16.9. The molecular formula is C22H23N3O3S. The molecule has 7 heteroatoms. The van der Waals surface area contributed by atoms with E-state index in [1.54, 1.807) is 17.2 Å². The van der Waals surface area contributed by atoms with Gasteiger partial charge in [-0.2, -0.15) is 4.31 Å². The summed E-state index contributed by atoms with van der Waals surface area (Å²) in [5.74, 6) is -0.0583. The quantitative estimate of drug-likeness (QED) is 0.723. The van der Waals surface area contributed by atoms with Crippen molar-refractivity contribution in [1.82, 2.24) is 14.2 Å². The number of carbonyl (C=O) groups excluding carboxylic acids is 1. The molecule has 3 aromatic rings. The maximum absolute atomic E-state index is 13.1. The maximum atomic E-state index is 13.1. The normalized spacial score (nSPS) is 17.6. The number of amides is 1. The third-order valence-corrected chi connectivity index (χ3v) is 7.95. The molecule has 0 atom stereocenters. The predicted octanol–water partition coefficient (Wildman–Crippen LogP) is 2.80. The number of carbonyl (C=O) groups is 1. The molecule has 0 unspecified atom stereocenters. The van der Waals surface area contributed by atoms with Crippen LogP contribution in [0, 0.1) is 0 Å². The molecule has 150 valence electrons. The second kappa shape index (κ2) is 7.00. The fraction of sp³-hybridized carbons (Fsp3) is 0.318. The van der Waals surface area contributed by atoms with E-state index in [-0.39, 0.29) is 5.91 Å². The van der Waals surface area contributed by atoms with E-state index in [2.05, 4.69) is 4.98 Å². The number of hydrogen-bond acceptors (Lipinski definition) is 3. The Hall–Kier alpha value is -2.64. The standard InChI is InChI=1S/C22H23N3O3S/c26-22(20-15-23-21-7-2-1-6-19(20)21)24-10-12-25(13-11-24)29(27,28)18-9-8-16-4-3-5-17(16)14-18/h1-2,6-9,14-15,23H,3-5,10-13H2. The van der Waals surface area contributed by atoms with Crippen LogP contribution in [0.2, 0.25) is 0 Å². The van der Waals surface area contributed by atoms with Crippen molar-refractivity contribution in [3.63, 3.8) is 0 Å². The zero-order valence-electron chi connectivity index (χ0n) is 16.1. The number of hydrogen-bond donors (Lipinski definition) is 1. The van der Waals surface area contributed by atoms with Crippen LogP contribution in [-0.2, 0) is 22.9 Å². The number of sulfonamides is 1. The molecule has 29 heavy (non-hydrogen) atoms. The smallest absolute Gasteiger partial charge is 0.256 e. The van der Waals surface area contributed by atoms with Crippen LogP contribution in [0.4, 0.5) is 0 Å². The molecule has 2 heterocycles. The Morgan fingerprint density at radius 1 is 0.931 bits per heavy atom. The van der Waals surface area contributed by atoms with Gasteiger partial charge in [-0.05, 0) is 48.6 Å². The summed E-state index contributed by atoms with van der Waals surface area (Å²) in [5, 5.41) is 0.894. The average Bonchev–Trinajstić information content (AvgIpc) is 3.39. The van der Waals surface area contributed by atoms with Crippen molar-refractivity contribution in [2.75, 3.05) is 26.2 Å². The topological polar surface area (TPSA) is 73.5 Å². The molecule has 0 bridgehead atoms. The van der Waals surface area contributed by atoms with Gasteiger partial charge in [0.15, 0.2) is 0 Å². The molecule has 1 aliphatic carbocycles. The molecule has 6 nitrogen and oxygen atoms in total. The fourth-order valence-corrected chi connectivity index (χ4v) is 5.88. The lowest BCUT2D eigenvalue weighted by Gasteiger charge is -2.34. The molecule has 1 aliphatic heterocycles. The Morgan fingerprint density at radius 3 is 2.52 bits per heavy atom. The van der Waals surface area contributed by atoms with E-state index in [0.717, 1.165) is 35.7 Å². The Bertz CT molecular complexity index is 1190. The van der Waals surface area contributed by atoms with Crippen LogP contribution < -0.4 is 0 Å². The number of nitrogens with one attached hydrogen (secondary N) is 1. The van der Waals surface area contributed by atoms with Crippen molar-refractivity contribution in [3.05, 3.63) is 65.4 Å². The number of benzene rings is 2. The molecule has 1 fully saturated rings. The zero-order chi connectivity index (χ0) is 20.0. The van der Waals surface area contributed by atoms with Crippen molar-refractivity contribution >= 4 is 26.8 Å². The minimum Gasteiger partial charge on any atom is -0.360 e. The van der Waals surface area contributed by atoms with Gasteiger partial charge in [-0.25, -0.2) is 8.42 Å². The number of aryl methyl sites for hydroxylation is 2. The predicted molar refractivity (Wildman–Crippen MR) is 111 cm³/mol. The third kappa shape index (κ3) is 3.14. The number of aromatic amines is 1. The number of fused-ring (bicyclic) bond motifs is 2. The molecule has 2 aromatic carbocycles. The second-order valence-electron chi connectivity index (χ2n) is 7.73. The first-order valence-corrected chi connectivity index (χ1v) is 11.5. The summed E-state index contributed by atoms with van der Waals surface area (Å²) in [5.41, 5.74) is 3.97. The number of para-hydroxylation sites is 1. The first kappa shape index (κ1) is 18.4. The number of rotatable bonds is 3. The van der Waals surface area contributed by atoms with Crippen LogP contribution >= 0.6 is 0 Å². The molecule has 5 rings (SSSR count). The number of H-pyrrole nitrogens is 1. The molecule has 1 N–H and O–H groups in total. The van der Waals surface area contributed by atoms with Gasteiger partial charge in [-0.1, -0.05) is 24.3 Å². The molecule has 1 amide bonds. The van der Waals surface area contributed by atoms with Gasteiger partial charge >= 0.3 is 0 Å². The van der Waals surface area contributed by atoms with Crippen LogP contribution in [0.25, 0.3) is 10.9 Å². The first-order chi connectivity index (χ1) is 14.0. The summed E-state index contributed by atoms with van der Waals surface area (Å²) in [6, 6.07) is 13.2. The highest BCUT2D eigenvalue weighted by molar-refractivity contribution is 7.89. The molecule has 1 aromatic heterocycles. The minimum atomic E-state index is -3.53. The Kier molecular flexibility index (Phi) is 4.44. The lowest BCUT2D eigenvalue weighted by Crippen LogP contribution is -2.50. The van der Waals surface area contributed by atoms with E-state index in [1.165, 1.54) is 9.87 Å². The van der Waals surface area contributed by atoms with Gasteiger partial charge in [0.25, 0.3) is 5.91 Å². The Morgan fingerprint density at radius 2 is 1.69 bits per heavy atom. The fourth-order valence-electron chi connectivity index (χ4n) is 4.41. The maximum Gasteiger partial charge on any atom is 0.256 e. The number of nitrogens with zero attached hydrogens (tertiary/aromatic N) is 2. The Balaban J connectivity index is 1.31. The summed E-state index contributed by atoms with van der Waals surface area (Å²) < 4.78 is 27.7. The highest BCUT2D eigenvalue weighted by Gasteiger charge is 2.31. The van der Waals surface area contributed by atoms with Crippen molar-refractivity contribution < 1.29 is 13.2 Å². The van der Waals surface area contributed by atoms with E-state index >= 15 is 0 Å². The third-order valence-electron chi connectivity index (χ3n) is 6.05. The van der Waals surface area contributed by atoms with Gasteiger partial charge in [-0.15, -0.1) is 0 Å². The molecule has 0 saturated carbocycles. The molecule has 0 spiro atoms. The van der Waals surface area contributed by atoms with Crippen LogP contribution in [0.15, 0.2) is 53.6 Å². The largest absolute Gasteiger partial charge is 0.360 e. The van der Waals surface area contributed by atoms with Gasteiger partial charge in [0.05, 0.1) is 10.5 Å². The van der Waals surface area contributed by atoms with Crippen molar-refractivity contribution in [1.29, 1.82) is 0 Å². The summed E-state index contributed by atoms with van der Waals surface area (Å²) in [6.07, 6.45) is 4.81. The van der Waals surface area contributed by atoms with Gasteiger partial charge in [-0.3, -0.25) is 4.79 Å². The van der Waals surface area contributed by atoms with Gasteiger partial charge < -0.3 is 9.88 Å². The van der Waals surface area contributed by atoms with E-state index in [4.69, 9.17) is 0 Å². The van der Waals surface area contributed by atoms with Gasteiger partial charge in [0, 0.05) is 43.3 Å². The van der Waals surface area contributed by atoms with Crippen molar-refractivity contribution in [2.45, 2.75) is 24.2 Å². The minimum absolute atomic E-state index is 0.0583. The lowest BCUT2D eigenvalue weighted by atomic mass is 10.1. The SMILES string of the molecule is O=C(c1c[nH]c2ccccc12)N1CCN(S(=O)(=O)c2ccc3c(c2)CCC3)CC1. The van der Waals surface area contributed by atoms with Crippen LogP contribution in [0.5, 0.6) is 0 Å². The van der Waals surface area contributed by atoms with E-state index in [1.807, 2.05) is 36.4 Å². The Labute approximate surface area is 170 Å². The summed E-state index contributed by atoms with van der Waals surface area (Å²) >= 11 is 0. The lowest BCUT2D eigenvalue weighted by molar-refractivity contribution is 0.0700. The first-order valence-electron chi connectivity index (χ1n) is 10.0. The highest BCUT2D eigenvalue weighted by atomic mass is 32.2. The molecular weight excluding hydrogens is 386 g/mol. The van der Waals surface area contributed by atoms with Crippen LogP contribution in [0.1, 0.15) is 27.9 Å². The number of piperazine rings is 1. The average molecular weight is 410 g/mol. The van der Waals surface area contributed by atoms with Gasteiger partial charge in [0.1, 0.15) is 0 Å². The van der Waals surface area contributed by atoms with E-state index in [9.17, 15) is 13.2 Å². The highest BCUT2D eigenvalue weighted by Crippen LogP contribution is 2.27. The number of aromatic nitrogens is 1. The van der Waals surface area contributed by atoms with Crippen LogP contribution in [0.3, 0.4) is 0 Å². The summed E-state index contributed by atoms with van der Waals surface area (Å²) in [7, 11) is -3.53. The molecule has 0 radical (unpaired) electrons.